The third kappa shape index (κ3) is 5.85. The first-order valence-corrected chi connectivity index (χ1v) is 13.3. The summed E-state index contributed by atoms with van der Waals surface area (Å²) in [6, 6.07) is 6.77. The topological polar surface area (TPSA) is 80.5 Å². The van der Waals surface area contributed by atoms with Gasteiger partial charge in [0.05, 0.1) is 17.0 Å². The van der Waals surface area contributed by atoms with Gasteiger partial charge in [-0.15, -0.1) is 0 Å². The molecule has 23 heavy (non-hydrogen) atoms. The number of aliphatic hydroxyl groups excluding tert-OH is 2. The highest BCUT2D eigenvalue weighted by atomic mass is 128. The summed E-state index contributed by atoms with van der Waals surface area (Å²) in [5, 5.41) is 22.3. The summed E-state index contributed by atoms with van der Waals surface area (Å²) in [7, 11) is 1.42. The van der Waals surface area contributed by atoms with Crippen molar-refractivity contribution in [2.75, 3.05) is 7.11 Å². The Balaban J connectivity index is 0.00000127. The van der Waals surface area contributed by atoms with E-state index >= 15 is 0 Å². The molecule has 2 N–H and O–H groups in total. The minimum atomic E-state index is -1.10. The molecule has 0 aromatic heterocycles. The lowest BCUT2D eigenvalue weighted by molar-refractivity contribution is -0.272. The van der Waals surface area contributed by atoms with E-state index in [-0.39, 0.29) is 0 Å². The maximum atomic E-state index is 10.1. The number of ether oxygens (including phenoxy) is 3. The summed E-state index contributed by atoms with van der Waals surface area (Å²) in [4.78, 5) is 3.83. The van der Waals surface area contributed by atoms with Gasteiger partial charge in [-0.05, 0) is 43.4 Å². The first-order chi connectivity index (χ1) is 11.1. The lowest BCUT2D eigenvalue weighted by Crippen LogP contribution is -2.58. The Labute approximate surface area is 163 Å². The first kappa shape index (κ1) is 21.2. The number of thiocarbonyl (C=S) groups is 1. The highest BCUT2D eigenvalue weighted by molar-refractivity contribution is 15.0. The van der Waals surface area contributed by atoms with Crippen LogP contribution in [0.25, 0.3) is 0 Å². The average molecular weight is 565 g/mol. The molecule has 5 atom stereocenters. The first-order valence-electron chi connectivity index (χ1n) is 6.60. The fourth-order valence-electron chi connectivity index (χ4n) is 2.16. The molecule has 1 aromatic rings. The standard InChI is InChI=1S/C14H17NO5S.I2/c1-8-11(16)13(18-2)12(17)14(19-8)20-10-5-3-9(4-6-10)15-7-21;1-2/h3-6,8,11-14,16-17H,1-2H3;/t8-,11+,12-,13+,14+;/m0./s1. The molecule has 6 nitrogen and oxygen atoms in total. The Morgan fingerprint density at radius 2 is 1.83 bits per heavy atom. The maximum Gasteiger partial charge on any atom is 0.229 e. The molecular formula is C14H17I2NO5S. The number of hydrogen-bond donors (Lipinski definition) is 2. The SMILES string of the molecule is CO[C@H]1[C@H](O)[C@@H](Oc2ccc(N=C=S)cc2)O[C@@H](C)[C@H]1O.II. The monoisotopic (exact) mass is 565 g/mol. The summed E-state index contributed by atoms with van der Waals surface area (Å²) in [6.45, 7) is 1.69. The highest BCUT2D eigenvalue weighted by Gasteiger charge is 2.44. The number of nitrogens with zero attached hydrogens (tertiary/aromatic N) is 1. The molecular weight excluding hydrogens is 548 g/mol. The van der Waals surface area contributed by atoms with Crippen LogP contribution < -0.4 is 4.74 Å². The van der Waals surface area contributed by atoms with Crippen molar-refractivity contribution in [1.29, 1.82) is 0 Å². The van der Waals surface area contributed by atoms with Crippen LogP contribution in [0.3, 0.4) is 0 Å². The van der Waals surface area contributed by atoms with E-state index in [1.165, 1.54) is 7.11 Å². The minimum absolute atomic E-state index is 0.501. The van der Waals surface area contributed by atoms with Gasteiger partial charge in [0.2, 0.25) is 6.29 Å². The van der Waals surface area contributed by atoms with Crippen molar-refractivity contribution < 1.29 is 24.4 Å². The number of aliphatic imine (C=N–C) groups is 1. The van der Waals surface area contributed by atoms with Crippen molar-refractivity contribution in [3.63, 3.8) is 0 Å². The molecule has 0 unspecified atom stereocenters. The zero-order valence-electron chi connectivity index (χ0n) is 12.4. The molecule has 0 spiro atoms. The van der Waals surface area contributed by atoms with Crippen molar-refractivity contribution in [3.05, 3.63) is 24.3 Å². The molecule has 1 saturated heterocycles. The molecule has 9 heteroatoms. The van der Waals surface area contributed by atoms with E-state index < -0.39 is 30.7 Å². The zero-order chi connectivity index (χ0) is 17.4. The number of halogens is 2. The van der Waals surface area contributed by atoms with E-state index in [0.29, 0.717) is 11.4 Å². The summed E-state index contributed by atoms with van der Waals surface area (Å²) >= 11 is 8.76. The molecule has 128 valence electrons. The third-order valence-electron chi connectivity index (χ3n) is 3.32. The van der Waals surface area contributed by atoms with Gasteiger partial charge in [-0.1, -0.05) is 0 Å². The number of isothiocyanates is 1. The quantitative estimate of drug-likeness (QED) is 0.332. The number of benzene rings is 1. The van der Waals surface area contributed by atoms with Gasteiger partial charge in [-0.25, -0.2) is 0 Å². The van der Waals surface area contributed by atoms with Crippen LogP contribution in [0.2, 0.25) is 0 Å². The van der Waals surface area contributed by atoms with Crippen LogP contribution in [-0.2, 0) is 9.47 Å². The van der Waals surface area contributed by atoms with Crippen molar-refractivity contribution in [3.8, 4) is 5.75 Å². The molecule has 1 heterocycles. The molecule has 0 radical (unpaired) electrons. The second kappa shape index (κ2) is 10.9. The van der Waals surface area contributed by atoms with E-state index in [2.05, 4.69) is 59.6 Å². The molecule has 1 fully saturated rings. The van der Waals surface area contributed by atoms with Crippen molar-refractivity contribution in [1.82, 2.24) is 0 Å². The van der Waals surface area contributed by atoms with Gasteiger partial charge in [-0.2, -0.15) is 4.99 Å². The second-order valence-corrected chi connectivity index (χ2v) is 4.89. The van der Waals surface area contributed by atoms with Crippen LogP contribution in [0, 0.1) is 0 Å². The number of methoxy groups -OCH3 is 1. The Bertz CT molecular complexity index is 526. The molecule has 0 amide bonds. The van der Waals surface area contributed by atoms with E-state index in [9.17, 15) is 10.2 Å². The van der Waals surface area contributed by atoms with Crippen LogP contribution >= 0.6 is 49.4 Å². The van der Waals surface area contributed by atoms with E-state index in [1.807, 2.05) is 0 Å². The molecule has 1 aliphatic heterocycles. The fraction of sp³-hybridized carbons (Fsp3) is 0.500. The smallest absolute Gasteiger partial charge is 0.229 e. The molecule has 0 bridgehead atoms. The fourth-order valence-corrected chi connectivity index (χ4v) is 2.26. The van der Waals surface area contributed by atoms with Gasteiger partial charge in [0.1, 0.15) is 24.1 Å². The van der Waals surface area contributed by atoms with Crippen molar-refractivity contribution >= 4 is 60.3 Å². The van der Waals surface area contributed by atoms with Crippen molar-refractivity contribution in [2.45, 2.75) is 37.6 Å². The van der Waals surface area contributed by atoms with Crippen LogP contribution in [0.4, 0.5) is 5.69 Å². The zero-order valence-corrected chi connectivity index (χ0v) is 17.6. The predicted molar refractivity (Wildman–Crippen MR) is 107 cm³/mol. The minimum Gasteiger partial charge on any atom is -0.462 e. The van der Waals surface area contributed by atoms with Gasteiger partial charge in [0.25, 0.3) is 0 Å². The lowest BCUT2D eigenvalue weighted by atomic mass is 10.00. The van der Waals surface area contributed by atoms with E-state index in [0.717, 1.165) is 0 Å². The van der Waals surface area contributed by atoms with Gasteiger partial charge in [-0.3, -0.25) is 0 Å². The van der Waals surface area contributed by atoms with E-state index in [4.69, 9.17) is 14.2 Å². The van der Waals surface area contributed by atoms with Gasteiger partial charge in [0, 0.05) is 44.3 Å². The van der Waals surface area contributed by atoms with Gasteiger partial charge >= 0.3 is 0 Å². The van der Waals surface area contributed by atoms with Crippen LogP contribution in [-0.4, -0.2) is 53.2 Å². The Morgan fingerprint density at radius 1 is 1.22 bits per heavy atom. The number of aliphatic hydroxyl groups is 2. The lowest BCUT2D eigenvalue weighted by Gasteiger charge is -2.40. The summed E-state index contributed by atoms with van der Waals surface area (Å²) < 4.78 is 16.2. The molecule has 1 aromatic carbocycles. The Morgan fingerprint density at radius 3 is 2.35 bits per heavy atom. The number of hydrogen-bond acceptors (Lipinski definition) is 7. The van der Waals surface area contributed by atoms with E-state index in [1.54, 1.807) is 31.2 Å². The summed E-state index contributed by atoms with van der Waals surface area (Å²) in [5.74, 6) is 0.501. The predicted octanol–water partition coefficient (Wildman–Crippen LogP) is 3.05. The van der Waals surface area contributed by atoms with Crippen LogP contribution in [0.15, 0.2) is 29.3 Å². The largest absolute Gasteiger partial charge is 0.462 e. The number of rotatable bonds is 4. The van der Waals surface area contributed by atoms with Gasteiger partial charge < -0.3 is 24.4 Å². The summed E-state index contributed by atoms with van der Waals surface area (Å²) in [6.07, 6.45) is -4.21. The van der Waals surface area contributed by atoms with Crippen LogP contribution in [0.1, 0.15) is 6.92 Å². The highest BCUT2D eigenvalue weighted by Crippen LogP contribution is 2.26. The average Bonchev–Trinajstić information content (AvgIpc) is 2.57. The molecule has 1 aliphatic rings. The molecule has 2 rings (SSSR count). The Kier molecular flexibility index (Phi) is 10.0. The maximum absolute atomic E-state index is 10.1. The third-order valence-corrected chi connectivity index (χ3v) is 3.41. The van der Waals surface area contributed by atoms with Gasteiger partial charge in [0.15, 0.2) is 0 Å². The molecule has 0 aliphatic carbocycles. The normalized spacial score (nSPS) is 29.7. The van der Waals surface area contributed by atoms with Crippen LogP contribution in [0.5, 0.6) is 5.75 Å². The Hall–Kier alpha value is 0.120. The molecule has 0 saturated carbocycles. The summed E-state index contributed by atoms with van der Waals surface area (Å²) in [5.41, 5.74) is 0.654. The van der Waals surface area contributed by atoms with Crippen molar-refractivity contribution in [2.24, 2.45) is 4.99 Å². The second-order valence-electron chi connectivity index (χ2n) is 4.71.